The summed E-state index contributed by atoms with van der Waals surface area (Å²) in [6, 6.07) is 39.1. The molecule has 4 aromatic carbocycles. The molecule has 4 aromatic rings. The molecule has 7 heteroatoms. The smallest absolute Gasteiger partial charge is 0.241 e. The number of hydrogen-bond donors (Lipinski definition) is 1. The molecule has 1 N–H and O–H groups in total. The Hall–Kier alpha value is -3.09. The lowest BCUT2D eigenvalue weighted by Gasteiger charge is -2.46. The summed E-state index contributed by atoms with van der Waals surface area (Å²) < 4.78 is 40.4. The standard InChI is InChI=1S/C35H39O6P/c1-2-32(30-21-13-6-14-22-30)42(37)35(36)34(40-25-29-19-11-5-12-20-29)33(39-24-28-17-9-4-10-18-28)31(41-42)26-38-23-27-15-7-3-8-16-27/h3-22,31-36H,2,23-26H2,1H3. The number of hydrogen-bond acceptors (Lipinski definition) is 6. The van der Waals surface area contributed by atoms with Crippen molar-refractivity contribution in [2.75, 3.05) is 6.61 Å². The average Bonchev–Trinajstić information content (AvgIpc) is 3.04. The SMILES string of the molecule is CCC(c1ccccc1)P1(=O)OC(COCc2ccccc2)C(OCc2ccccc2)C(OCc2ccccc2)C1O. The van der Waals surface area contributed by atoms with E-state index < -0.39 is 37.2 Å². The molecule has 1 saturated heterocycles. The molecule has 220 valence electrons. The average molecular weight is 587 g/mol. The minimum Gasteiger partial charge on any atom is -0.380 e. The van der Waals surface area contributed by atoms with Gasteiger partial charge in [0.05, 0.1) is 32.1 Å². The molecule has 1 heterocycles. The van der Waals surface area contributed by atoms with Crippen LogP contribution in [0.4, 0.5) is 0 Å². The van der Waals surface area contributed by atoms with Crippen LogP contribution in [0.2, 0.25) is 0 Å². The molecule has 0 radical (unpaired) electrons. The van der Waals surface area contributed by atoms with Crippen LogP contribution in [0, 0.1) is 0 Å². The van der Waals surface area contributed by atoms with Gasteiger partial charge in [-0.3, -0.25) is 4.57 Å². The zero-order chi connectivity index (χ0) is 29.2. The number of rotatable bonds is 13. The van der Waals surface area contributed by atoms with E-state index in [2.05, 4.69) is 0 Å². The second kappa shape index (κ2) is 14.9. The molecule has 1 aliphatic heterocycles. The predicted octanol–water partition coefficient (Wildman–Crippen LogP) is 7.52. The highest BCUT2D eigenvalue weighted by atomic mass is 31.2. The summed E-state index contributed by atoms with van der Waals surface area (Å²) in [4.78, 5) is 0. The maximum Gasteiger partial charge on any atom is 0.241 e. The molecule has 0 aliphatic carbocycles. The molecule has 0 saturated carbocycles. The maximum atomic E-state index is 14.9. The van der Waals surface area contributed by atoms with Gasteiger partial charge in [-0.05, 0) is 28.7 Å². The predicted molar refractivity (Wildman–Crippen MR) is 164 cm³/mol. The van der Waals surface area contributed by atoms with Gasteiger partial charge >= 0.3 is 0 Å². The highest BCUT2D eigenvalue weighted by Crippen LogP contribution is 2.68. The number of aliphatic hydroxyl groups excluding tert-OH is 1. The van der Waals surface area contributed by atoms with Crippen LogP contribution in [0.3, 0.4) is 0 Å². The highest BCUT2D eigenvalue weighted by Gasteiger charge is 2.56. The summed E-state index contributed by atoms with van der Waals surface area (Å²) in [5.41, 5.74) is 3.29. The highest BCUT2D eigenvalue weighted by molar-refractivity contribution is 7.60. The number of aliphatic hydroxyl groups is 1. The molecule has 0 aromatic heterocycles. The van der Waals surface area contributed by atoms with Gasteiger partial charge in [-0.25, -0.2) is 0 Å². The molecule has 1 fully saturated rings. The van der Waals surface area contributed by atoms with Crippen molar-refractivity contribution in [3.05, 3.63) is 144 Å². The van der Waals surface area contributed by atoms with Crippen molar-refractivity contribution >= 4 is 7.37 Å². The fraction of sp³-hybridized carbons (Fsp3) is 0.314. The van der Waals surface area contributed by atoms with Gasteiger partial charge < -0.3 is 23.8 Å². The fourth-order valence-electron chi connectivity index (χ4n) is 5.46. The summed E-state index contributed by atoms with van der Waals surface area (Å²) >= 11 is 0. The van der Waals surface area contributed by atoms with Gasteiger partial charge in [0, 0.05) is 0 Å². The molecule has 5 rings (SSSR count). The monoisotopic (exact) mass is 586 g/mol. The Balaban J connectivity index is 1.46. The first-order chi connectivity index (χ1) is 20.6. The molecule has 6 atom stereocenters. The van der Waals surface area contributed by atoms with E-state index in [0.717, 1.165) is 22.3 Å². The van der Waals surface area contributed by atoms with Crippen LogP contribution in [0.15, 0.2) is 121 Å². The first kappa shape index (κ1) is 30.4. The number of benzene rings is 4. The van der Waals surface area contributed by atoms with Crippen LogP contribution in [-0.2, 0) is 43.1 Å². The Morgan fingerprint density at radius 3 is 1.64 bits per heavy atom. The van der Waals surface area contributed by atoms with Gasteiger partial charge in [0.15, 0.2) is 5.85 Å². The minimum absolute atomic E-state index is 0.126. The first-order valence-electron chi connectivity index (χ1n) is 14.5. The van der Waals surface area contributed by atoms with E-state index in [-0.39, 0.29) is 19.8 Å². The van der Waals surface area contributed by atoms with Gasteiger partial charge in [-0.1, -0.05) is 128 Å². The molecular formula is C35H39O6P. The lowest BCUT2D eigenvalue weighted by molar-refractivity contribution is -0.176. The van der Waals surface area contributed by atoms with Crippen LogP contribution >= 0.6 is 7.37 Å². The Kier molecular flexibility index (Phi) is 10.8. The molecular weight excluding hydrogens is 547 g/mol. The summed E-state index contributed by atoms with van der Waals surface area (Å²) in [6.07, 6.45) is -1.84. The van der Waals surface area contributed by atoms with Crippen LogP contribution in [0.1, 0.15) is 41.3 Å². The lowest BCUT2D eigenvalue weighted by atomic mass is 10.1. The molecule has 0 spiro atoms. The van der Waals surface area contributed by atoms with Crippen molar-refractivity contribution < 1.29 is 28.4 Å². The molecule has 0 bridgehead atoms. The summed E-state index contributed by atoms with van der Waals surface area (Å²) in [5.74, 6) is -1.39. The Labute approximate surface area is 248 Å². The van der Waals surface area contributed by atoms with Crippen molar-refractivity contribution in [2.24, 2.45) is 0 Å². The van der Waals surface area contributed by atoms with Crippen molar-refractivity contribution in [2.45, 2.75) is 63.0 Å². The third-order valence-electron chi connectivity index (χ3n) is 7.62. The van der Waals surface area contributed by atoms with Crippen LogP contribution in [0.5, 0.6) is 0 Å². The third-order valence-corrected chi connectivity index (χ3v) is 10.8. The van der Waals surface area contributed by atoms with E-state index in [1.165, 1.54) is 0 Å². The van der Waals surface area contributed by atoms with E-state index in [4.69, 9.17) is 18.7 Å². The summed E-state index contributed by atoms with van der Waals surface area (Å²) in [5, 5.41) is 11.9. The Morgan fingerprint density at radius 1 is 0.690 bits per heavy atom. The maximum absolute atomic E-state index is 14.9. The second-order valence-electron chi connectivity index (χ2n) is 10.6. The van der Waals surface area contributed by atoms with E-state index in [1.54, 1.807) is 0 Å². The zero-order valence-electron chi connectivity index (χ0n) is 23.9. The summed E-state index contributed by atoms with van der Waals surface area (Å²) in [6.45, 7) is 2.97. The van der Waals surface area contributed by atoms with E-state index in [0.29, 0.717) is 13.0 Å². The second-order valence-corrected chi connectivity index (χ2v) is 13.2. The van der Waals surface area contributed by atoms with Gasteiger partial charge in [0.1, 0.15) is 18.3 Å². The largest absolute Gasteiger partial charge is 0.380 e. The van der Waals surface area contributed by atoms with Crippen molar-refractivity contribution in [1.29, 1.82) is 0 Å². The van der Waals surface area contributed by atoms with Gasteiger partial charge in [-0.15, -0.1) is 0 Å². The van der Waals surface area contributed by atoms with Crippen molar-refractivity contribution in [1.82, 2.24) is 0 Å². The minimum atomic E-state index is -3.74. The van der Waals surface area contributed by atoms with Gasteiger partial charge in [-0.2, -0.15) is 0 Å². The quantitative estimate of drug-likeness (QED) is 0.163. The van der Waals surface area contributed by atoms with E-state index >= 15 is 0 Å². The van der Waals surface area contributed by atoms with Crippen LogP contribution < -0.4 is 0 Å². The lowest BCUT2D eigenvalue weighted by Crippen LogP contribution is -2.54. The molecule has 6 nitrogen and oxygen atoms in total. The topological polar surface area (TPSA) is 74.2 Å². The van der Waals surface area contributed by atoms with E-state index in [1.807, 2.05) is 128 Å². The summed E-state index contributed by atoms with van der Waals surface area (Å²) in [7, 11) is -3.74. The fourth-order valence-corrected chi connectivity index (χ4v) is 8.47. The third kappa shape index (κ3) is 7.45. The molecule has 0 amide bonds. The Bertz CT molecular complexity index is 1390. The molecule has 42 heavy (non-hydrogen) atoms. The molecule has 1 aliphatic rings. The van der Waals surface area contributed by atoms with Crippen LogP contribution in [-0.4, -0.2) is 35.9 Å². The van der Waals surface area contributed by atoms with Gasteiger partial charge in [0.2, 0.25) is 7.37 Å². The zero-order valence-corrected chi connectivity index (χ0v) is 24.8. The van der Waals surface area contributed by atoms with Gasteiger partial charge in [0.25, 0.3) is 0 Å². The number of ether oxygens (including phenoxy) is 3. The van der Waals surface area contributed by atoms with Crippen molar-refractivity contribution in [3.63, 3.8) is 0 Å². The Morgan fingerprint density at radius 2 is 1.14 bits per heavy atom. The molecule has 6 unspecified atom stereocenters. The van der Waals surface area contributed by atoms with E-state index in [9.17, 15) is 9.67 Å². The van der Waals surface area contributed by atoms with Crippen LogP contribution in [0.25, 0.3) is 0 Å². The normalized spacial score (nSPS) is 24.7. The first-order valence-corrected chi connectivity index (χ1v) is 16.3. The van der Waals surface area contributed by atoms with Crippen molar-refractivity contribution in [3.8, 4) is 0 Å².